The Kier molecular flexibility index (Phi) is 2.93. The molecule has 1 aromatic heterocycles. The van der Waals surface area contributed by atoms with Gasteiger partial charge in [0.15, 0.2) is 0 Å². The molecule has 0 aliphatic heterocycles. The summed E-state index contributed by atoms with van der Waals surface area (Å²) in [5, 5.41) is 10.1. The molecule has 3 heteroatoms. The molecule has 1 heterocycles. The summed E-state index contributed by atoms with van der Waals surface area (Å²) in [4.78, 5) is 0. The second-order valence-corrected chi connectivity index (χ2v) is 3.82. The molecule has 16 heavy (non-hydrogen) atoms. The lowest BCUT2D eigenvalue weighted by molar-refractivity contribution is 0.790. The van der Waals surface area contributed by atoms with Gasteiger partial charge in [0.25, 0.3) is 0 Å². The van der Waals surface area contributed by atoms with Gasteiger partial charge in [-0.1, -0.05) is 0 Å². The Bertz CT molecular complexity index is 546. The SMILES string of the molecule is CCn1cc(CCN)c2cc(C#N)ccc21. The summed E-state index contributed by atoms with van der Waals surface area (Å²) in [6.07, 6.45) is 3.00. The third-order valence-electron chi connectivity index (χ3n) is 2.85. The van der Waals surface area contributed by atoms with Crippen LogP contribution in [-0.2, 0) is 13.0 Å². The van der Waals surface area contributed by atoms with Crippen LogP contribution in [0.1, 0.15) is 18.1 Å². The highest BCUT2D eigenvalue weighted by atomic mass is 14.9. The quantitative estimate of drug-likeness (QED) is 0.848. The third kappa shape index (κ3) is 1.68. The van der Waals surface area contributed by atoms with Gasteiger partial charge in [0, 0.05) is 23.6 Å². The van der Waals surface area contributed by atoms with E-state index in [2.05, 4.69) is 23.8 Å². The van der Waals surface area contributed by atoms with E-state index in [-0.39, 0.29) is 0 Å². The number of aromatic nitrogens is 1. The smallest absolute Gasteiger partial charge is 0.0991 e. The first kappa shape index (κ1) is 10.7. The summed E-state index contributed by atoms with van der Waals surface area (Å²) in [5.41, 5.74) is 8.72. The van der Waals surface area contributed by atoms with Gasteiger partial charge in [-0.3, -0.25) is 0 Å². The van der Waals surface area contributed by atoms with Crippen molar-refractivity contribution in [1.82, 2.24) is 4.57 Å². The molecular formula is C13H15N3. The second kappa shape index (κ2) is 4.38. The molecule has 0 spiro atoms. The van der Waals surface area contributed by atoms with Crippen LogP contribution in [0.25, 0.3) is 10.9 Å². The summed E-state index contributed by atoms with van der Waals surface area (Å²) in [7, 11) is 0. The highest BCUT2D eigenvalue weighted by molar-refractivity contribution is 5.85. The van der Waals surface area contributed by atoms with Crippen LogP contribution >= 0.6 is 0 Å². The molecule has 82 valence electrons. The molecule has 3 nitrogen and oxygen atoms in total. The Hall–Kier alpha value is -1.79. The van der Waals surface area contributed by atoms with Gasteiger partial charge < -0.3 is 10.3 Å². The maximum atomic E-state index is 8.90. The molecule has 0 atom stereocenters. The van der Waals surface area contributed by atoms with Crippen LogP contribution in [-0.4, -0.2) is 11.1 Å². The van der Waals surface area contributed by atoms with E-state index < -0.39 is 0 Å². The minimum atomic E-state index is 0.639. The van der Waals surface area contributed by atoms with E-state index in [1.54, 1.807) is 0 Å². The lowest BCUT2D eigenvalue weighted by atomic mass is 10.1. The van der Waals surface area contributed by atoms with Crippen molar-refractivity contribution >= 4 is 10.9 Å². The first-order valence-corrected chi connectivity index (χ1v) is 5.52. The number of hydrogen-bond donors (Lipinski definition) is 1. The van der Waals surface area contributed by atoms with Crippen LogP contribution in [0, 0.1) is 11.3 Å². The summed E-state index contributed by atoms with van der Waals surface area (Å²) >= 11 is 0. The molecule has 1 aromatic carbocycles. The van der Waals surface area contributed by atoms with Crippen LogP contribution < -0.4 is 5.73 Å². The number of hydrogen-bond acceptors (Lipinski definition) is 2. The number of nitriles is 1. The van der Waals surface area contributed by atoms with Crippen molar-refractivity contribution in [3.8, 4) is 6.07 Å². The summed E-state index contributed by atoms with van der Waals surface area (Å²) in [6, 6.07) is 8.00. The van der Waals surface area contributed by atoms with Gasteiger partial charge in [-0.2, -0.15) is 5.26 Å². The molecule has 0 aliphatic carbocycles. The Morgan fingerprint density at radius 1 is 1.44 bits per heavy atom. The number of fused-ring (bicyclic) bond motifs is 1. The van der Waals surface area contributed by atoms with E-state index in [9.17, 15) is 0 Å². The summed E-state index contributed by atoms with van der Waals surface area (Å²) in [5.74, 6) is 0. The van der Waals surface area contributed by atoms with E-state index in [1.807, 2.05) is 18.2 Å². The van der Waals surface area contributed by atoms with Gasteiger partial charge in [0.05, 0.1) is 11.6 Å². The molecule has 0 fully saturated rings. The standard InChI is InChI=1S/C13H15N3/c1-2-16-9-11(5-6-14)12-7-10(8-15)3-4-13(12)16/h3-4,7,9H,2,5-6,14H2,1H3. The largest absolute Gasteiger partial charge is 0.347 e. The molecule has 0 aliphatic rings. The van der Waals surface area contributed by atoms with E-state index in [0.29, 0.717) is 12.1 Å². The maximum absolute atomic E-state index is 8.90. The van der Waals surface area contributed by atoms with E-state index in [0.717, 1.165) is 18.4 Å². The molecule has 0 amide bonds. The summed E-state index contributed by atoms with van der Waals surface area (Å²) in [6.45, 7) is 3.69. The monoisotopic (exact) mass is 213 g/mol. The third-order valence-corrected chi connectivity index (χ3v) is 2.85. The first-order valence-electron chi connectivity index (χ1n) is 5.52. The number of nitrogens with zero attached hydrogens (tertiary/aromatic N) is 2. The van der Waals surface area contributed by atoms with Gasteiger partial charge in [-0.15, -0.1) is 0 Å². The maximum Gasteiger partial charge on any atom is 0.0991 e. The normalized spacial score (nSPS) is 10.6. The number of aryl methyl sites for hydroxylation is 1. The fourth-order valence-corrected chi connectivity index (χ4v) is 2.06. The van der Waals surface area contributed by atoms with Gasteiger partial charge in [0.1, 0.15) is 0 Å². The average molecular weight is 213 g/mol. The van der Waals surface area contributed by atoms with Gasteiger partial charge in [-0.05, 0) is 43.7 Å². The Labute approximate surface area is 95.1 Å². The molecule has 2 N–H and O–H groups in total. The highest BCUT2D eigenvalue weighted by Gasteiger charge is 2.07. The Morgan fingerprint density at radius 2 is 2.25 bits per heavy atom. The molecule has 0 saturated heterocycles. The molecule has 0 radical (unpaired) electrons. The van der Waals surface area contributed by atoms with Crippen molar-refractivity contribution < 1.29 is 0 Å². The van der Waals surface area contributed by atoms with Gasteiger partial charge in [0.2, 0.25) is 0 Å². The first-order chi connectivity index (χ1) is 7.80. The number of rotatable bonds is 3. The zero-order valence-corrected chi connectivity index (χ0v) is 9.40. The van der Waals surface area contributed by atoms with Crippen LogP contribution in [0.4, 0.5) is 0 Å². The van der Waals surface area contributed by atoms with Crippen molar-refractivity contribution in [3.63, 3.8) is 0 Å². The molecule has 0 unspecified atom stereocenters. The lowest BCUT2D eigenvalue weighted by Gasteiger charge is -1.99. The van der Waals surface area contributed by atoms with Crippen molar-refractivity contribution in [1.29, 1.82) is 5.26 Å². The molecule has 0 saturated carbocycles. The second-order valence-electron chi connectivity index (χ2n) is 3.82. The van der Waals surface area contributed by atoms with E-state index in [1.165, 1.54) is 11.1 Å². The van der Waals surface area contributed by atoms with Gasteiger partial charge >= 0.3 is 0 Å². The van der Waals surface area contributed by atoms with Crippen LogP contribution in [0.3, 0.4) is 0 Å². The van der Waals surface area contributed by atoms with Crippen LogP contribution in [0.5, 0.6) is 0 Å². The predicted molar refractivity (Wildman–Crippen MR) is 65.1 cm³/mol. The fourth-order valence-electron chi connectivity index (χ4n) is 2.06. The number of nitrogens with two attached hydrogens (primary N) is 1. The summed E-state index contributed by atoms with van der Waals surface area (Å²) < 4.78 is 2.20. The molecule has 0 bridgehead atoms. The van der Waals surface area contributed by atoms with Crippen molar-refractivity contribution in [2.24, 2.45) is 5.73 Å². The lowest BCUT2D eigenvalue weighted by Crippen LogP contribution is -2.02. The number of benzene rings is 1. The molecular weight excluding hydrogens is 198 g/mol. The zero-order chi connectivity index (χ0) is 11.5. The topological polar surface area (TPSA) is 54.7 Å². The van der Waals surface area contributed by atoms with Crippen LogP contribution in [0.15, 0.2) is 24.4 Å². The van der Waals surface area contributed by atoms with Crippen molar-refractivity contribution in [2.75, 3.05) is 6.54 Å². The van der Waals surface area contributed by atoms with Crippen molar-refractivity contribution in [2.45, 2.75) is 19.9 Å². The van der Waals surface area contributed by atoms with Crippen LogP contribution in [0.2, 0.25) is 0 Å². The van der Waals surface area contributed by atoms with E-state index in [4.69, 9.17) is 11.0 Å². The average Bonchev–Trinajstić information content (AvgIpc) is 2.67. The predicted octanol–water partition coefficient (Wildman–Crippen LogP) is 2.03. The Morgan fingerprint density at radius 3 is 2.88 bits per heavy atom. The molecule has 2 aromatic rings. The highest BCUT2D eigenvalue weighted by Crippen LogP contribution is 2.23. The zero-order valence-electron chi connectivity index (χ0n) is 9.40. The van der Waals surface area contributed by atoms with E-state index >= 15 is 0 Å². The van der Waals surface area contributed by atoms with Gasteiger partial charge in [-0.25, -0.2) is 0 Å². The Balaban J connectivity index is 2.66. The van der Waals surface area contributed by atoms with Crippen molar-refractivity contribution in [3.05, 3.63) is 35.5 Å². The molecule has 2 rings (SSSR count). The fraction of sp³-hybridized carbons (Fsp3) is 0.308. The minimum absolute atomic E-state index is 0.639. The minimum Gasteiger partial charge on any atom is -0.347 e.